The minimum Gasteiger partial charge on any atom is -0.394 e. The molecule has 1 rings (SSSR count). The van der Waals surface area contributed by atoms with Crippen molar-refractivity contribution >= 4 is 5.91 Å². The largest absolute Gasteiger partial charge is 0.394 e. The van der Waals surface area contributed by atoms with E-state index in [-0.39, 0.29) is 12.5 Å². The number of hydrogen-bond donors (Lipinski definition) is 6. The lowest BCUT2D eigenvalue weighted by Gasteiger charge is -2.40. The number of unbranched alkanes of at least 4 members (excludes halogenated alkanes) is 16. The van der Waals surface area contributed by atoms with E-state index in [1.165, 1.54) is 57.8 Å². The van der Waals surface area contributed by atoms with Crippen LogP contribution in [-0.4, -0.2) is 87.5 Å². The van der Waals surface area contributed by atoms with Gasteiger partial charge in [-0.25, -0.2) is 0 Å². The first-order chi connectivity index (χ1) is 21.8. The summed E-state index contributed by atoms with van der Waals surface area (Å²) in [5.74, 6) is -0.192. The molecule has 9 nitrogen and oxygen atoms in total. The van der Waals surface area contributed by atoms with Crippen LogP contribution in [0.4, 0.5) is 0 Å². The maximum Gasteiger partial charge on any atom is 0.220 e. The molecule has 9 heteroatoms. The molecule has 1 heterocycles. The number of amides is 1. The van der Waals surface area contributed by atoms with Crippen molar-refractivity contribution in [2.45, 2.75) is 185 Å². The summed E-state index contributed by atoms with van der Waals surface area (Å²) >= 11 is 0. The van der Waals surface area contributed by atoms with Crippen LogP contribution in [0.25, 0.3) is 0 Å². The predicted molar refractivity (Wildman–Crippen MR) is 180 cm³/mol. The van der Waals surface area contributed by atoms with E-state index in [0.717, 1.165) is 64.2 Å². The highest BCUT2D eigenvalue weighted by Gasteiger charge is 2.44. The zero-order chi connectivity index (χ0) is 33.1. The van der Waals surface area contributed by atoms with Gasteiger partial charge in [0.15, 0.2) is 6.29 Å². The Kier molecular flexibility index (Phi) is 25.7. The molecule has 0 spiro atoms. The first-order valence-electron chi connectivity index (χ1n) is 18.1. The Morgan fingerprint density at radius 2 is 1.27 bits per heavy atom. The molecule has 1 aliphatic heterocycles. The lowest BCUT2D eigenvalue weighted by Crippen LogP contribution is -2.60. The second kappa shape index (κ2) is 27.8. The number of aliphatic hydroxyl groups excluding tert-OH is 5. The molecule has 0 saturated carbocycles. The van der Waals surface area contributed by atoms with E-state index in [4.69, 9.17) is 9.47 Å². The Morgan fingerprint density at radius 3 is 1.87 bits per heavy atom. The van der Waals surface area contributed by atoms with Crippen molar-refractivity contribution in [3.8, 4) is 0 Å². The van der Waals surface area contributed by atoms with Crippen LogP contribution >= 0.6 is 0 Å². The second-order valence-corrected chi connectivity index (χ2v) is 12.7. The van der Waals surface area contributed by atoms with Gasteiger partial charge in [0, 0.05) is 6.42 Å². The highest BCUT2D eigenvalue weighted by molar-refractivity contribution is 5.76. The third-order valence-electron chi connectivity index (χ3n) is 8.52. The minimum absolute atomic E-state index is 0.191. The molecule has 264 valence electrons. The van der Waals surface area contributed by atoms with Gasteiger partial charge in [0.25, 0.3) is 0 Å². The van der Waals surface area contributed by atoms with Crippen LogP contribution < -0.4 is 5.32 Å². The predicted octanol–water partition coefficient (Wildman–Crippen LogP) is 5.60. The molecule has 7 atom stereocenters. The molecule has 0 aliphatic carbocycles. The Balaban J connectivity index is 2.51. The number of carbonyl (C=O) groups excluding carboxylic acids is 1. The number of allylic oxidation sites excluding steroid dienone is 3. The molecular weight excluding hydrogens is 574 g/mol. The summed E-state index contributed by atoms with van der Waals surface area (Å²) in [6.07, 6.45) is 22.2. The zero-order valence-corrected chi connectivity index (χ0v) is 28.4. The van der Waals surface area contributed by atoms with Crippen LogP contribution in [-0.2, 0) is 14.3 Å². The van der Waals surface area contributed by atoms with Crippen molar-refractivity contribution < 1.29 is 39.8 Å². The molecule has 0 bridgehead atoms. The minimum atomic E-state index is -1.56. The van der Waals surface area contributed by atoms with E-state index in [1.54, 1.807) is 6.08 Å². The fraction of sp³-hybridized carbons (Fsp3) is 0.861. The maximum absolute atomic E-state index is 12.8. The van der Waals surface area contributed by atoms with Crippen LogP contribution in [0, 0.1) is 0 Å². The molecule has 1 fully saturated rings. The fourth-order valence-corrected chi connectivity index (χ4v) is 5.49. The lowest BCUT2D eigenvalue weighted by atomic mass is 9.99. The van der Waals surface area contributed by atoms with Crippen LogP contribution in [0.3, 0.4) is 0 Å². The van der Waals surface area contributed by atoms with Crippen LogP contribution in [0.1, 0.15) is 142 Å². The van der Waals surface area contributed by atoms with E-state index >= 15 is 0 Å². The van der Waals surface area contributed by atoms with Gasteiger partial charge in [0.1, 0.15) is 24.4 Å². The van der Waals surface area contributed by atoms with Crippen molar-refractivity contribution in [1.82, 2.24) is 5.32 Å². The standard InChI is InChI=1S/C36H67NO8/c1-3-5-7-9-11-13-15-17-19-21-23-25-30(39)29(28-44-36-35(43)34(42)33(41)31(27-38)45-36)37-32(40)26-24-22-20-18-16-14-12-10-8-6-4-2/h10,12,23,25,29-31,33-36,38-39,41-43H,3-9,11,13-22,24,26-28H2,1-2H3,(H,37,40)/b12-10-,25-23+. The quantitative estimate of drug-likeness (QED) is 0.0478. The Bertz CT molecular complexity index is 761. The van der Waals surface area contributed by atoms with Gasteiger partial charge < -0.3 is 40.3 Å². The van der Waals surface area contributed by atoms with Crippen molar-refractivity contribution in [1.29, 1.82) is 0 Å². The van der Waals surface area contributed by atoms with Crippen LogP contribution in [0.5, 0.6) is 0 Å². The van der Waals surface area contributed by atoms with E-state index in [0.29, 0.717) is 6.42 Å². The van der Waals surface area contributed by atoms with Crippen molar-refractivity contribution in [3.05, 3.63) is 24.3 Å². The number of hydrogen-bond acceptors (Lipinski definition) is 8. The van der Waals surface area contributed by atoms with Crippen molar-refractivity contribution in [3.63, 3.8) is 0 Å². The summed E-state index contributed by atoms with van der Waals surface area (Å²) < 4.78 is 11.1. The smallest absolute Gasteiger partial charge is 0.220 e. The first kappa shape index (κ1) is 41.7. The highest BCUT2D eigenvalue weighted by Crippen LogP contribution is 2.22. The normalized spacial score (nSPS) is 23.6. The third kappa shape index (κ3) is 19.8. The van der Waals surface area contributed by atoms with Gasteiger partial charge in [-0.2, -0.15) is 0 Å². The summed E-state index contributed by atoms with van der Waals surface area (Å²) in [6.45, 7) is 3.67. The van der Waals surface area contributed by atoms with Gasteiger partial charge in [-0.05, 0) is 38.5 Å². The average Bonchev–Trinajstić information content (AvgIpc) is 3.04. The summed E-state index contributed by atoms with van der Waals surface area (Å²) in [6, 6.07) is -0.802. The molecular formula is C36H67NO8. The molecule has 0 radical (unpaired) electrons. The molecule has 1 amide bonds. The van der Waals surface area contributed by atoms with Gasteiger partial charge in [-0.15, -0.1) is 0 Å². The molecule has 6 N–H and O–H groups in total. The molecule has 7 unspecified atom stereocenters. The summed E-state index contributed by atoms with van der Waals surface area (Å²) in [5, 5.41) is 53.7. The monoisotopic (exact) mass is 641 g/mol. The van der Waals surface area contributed by atoms with Crippen molar-refractivity contribution in [2.24, 2.45) is 0 Å². The van der Waals surface area contributed by atoms with E-state index in [2.05, 4.69) is 31.3 Å². The lowest BCUT2D eigenvalue weighted by molar-refractivity contribution is -0.302. The third-order valence-corrected chi connectivity index (χ3v) is 8.52. The van der Waals surface area contributed by atoms with Gasteiger partial charge in [0.05, 0.1) is 25.4 Å². The van der Waals surface area contributed by atoms with Gasteiger partial charge in [-0.3, -0.25) is 4.79 Å². The number of carbonyl (C=O) groups is 1. The van der Waals surface area contributed by atoms with E-state index < -0.39 is 49.5 Å². The molecule has 0 aromatic rings. The van der Waals surface area contributed by atoms with Gasteiger partial charge >= 0.3 is 0 Å². The fourth-order valence-electron chi connectivity index (χ4n) is 5.49. The summed E-state index contributed by atoms with van der Waals surface area (Å²) in [7, 11) is 0. The number of nitrogens with one attached hydrogen (secondary N) is 1. The summed E-state index contributed by atoms with van der Waals surface area (Å²) in [4.78, 5) is 12.8. The van der Waals surface area contributed by atoms with Crippen LogP contribution in [0.15, 0.2) is 24.3 Å². The SMILES string of the molecule is CCCC/C=C\CCCCCCCC(=O)NC(COC1OC(CO)C(O)C(O)C1O)C(O)/C=C/CCCCCCCCCCC. The number of ether oxygens (including phenoxy) is 2. The number of rotatable bonds is 28. The first-order valence-corrected chi connectivity index (χ1v) is 18.1. The second-order valence-electron chi connectivity index (χ2n) is 12.7. The van der Waals surface area contributed by atoms with E-state index in [1.807, 2.05) is 6.08 Å². The maximum atomic E-state index is 12.8. The average molecular weight is 642 g/mol. The summed E-state index contributed by atoms with van der Waals surface area (Å²) in [5.41, 5.74) is 0. The topological polar surface area (TPSA) is 149 Å². The molecule has 45 heavy (non-hydrogen) atoms. The van der Waals surface area contributed by atoms with E-state index in [9.17, 15) is 30.3 Å². The van der Waals surface area contributed by atoms with Gasteiger partial charge in [-0.1, -0.05) is 122 Å². The Morgan fingerprint density at radius 1 is 0.733 bits per heavy atom. The molecule has 0 aromatic heterocycles. The highest BCUT2D eigenvalue weighted by atomic mass is 16.7. The van der Waals surface area contributed by atoms with Gasteiger partial charge in [0.2, 0.25) is 5.91 Å². The number of aliphatic hydroxyl groups is 5. The van der Waals surface area contributed by atoms with Crippen molar-refractivity contribution in [2.75, 3.05) is 13.2 Å². The molecule has 0 aromatic carbocycles. The molecule has 1 saturated heterocycles. The Labute approximate surface area is 273 Å². The van der Waals surface area contributed by atoms with Crippen LogP contribution in [0.2, 0.25) is 0 Å². The zero-order valence-electron chi connectivity index (χ0n) is 28.4. The Hall–Kier alpha value is -1.33. The molecule has 1 aliphatic rings.